The minimum Gasteiger partial charge on any atom is -0.507 e. The predicted octanol–water partition coefficient (Wildman–Crippen LogP) is 9.04. The van der Waals surface area contributed by atoms with Crippen molar-refractivity contribution in [2.45, 2.75) is 67.1 Å². The topological polar surface area (TPSA) is 46.5 Å². The number of para-hydroxylation sites is 1. The lowest BCUT2D eigenvalue weighted by Gasteiger charge is -2.40. The number of phenolic OH excluding ortho intramolecular Hbond substituents is 1. The Bertz CT molecular complexity index is 1300. The molecule has 4 aromatic rings. The summed E-state index contributed by atoms with van der Waals surface area (Å²) in [5.41, 5.74) is 2.53. The highest BCUT2D eigenvalue weighted by atomic mass is 32.3. The highest BCUT2D eigenvalue weighted by molar-refractivity contribution is 8.30. The largest absolute Gasteiger partial charge is 0.507 e. The SMILES string of the molecule is CC(C)(C)c1ccc(S(OC(=O)c2ccccc2O)(c2ccccc2)c2ccc(C(C)(C)C)cc2)cc1. The summed E-state index contributed by atoms with van der Waals surface area (Å²) < 4.78 is 6.60. The maximum atomic E-state index is 13.7. The predicted molar refractivity (Wildman–Crippen MR) is 153 cm³/mol. The van der Waals surface area contributed by atoms with E-state index in [-0.39, 0.29) is 22.1 Å². The van der Waals surface area contributed by atoms with Gasteiger partial charge in [-0.3, -0.25) is 0 Å². The van der Waals surface area contributed by atoms with Crippen molar-refractivity contribution in [1.82, 2.24) is 0 Å². The van der Waals surface area contributed by atoms with Crippen molar-refractivity contribution in [2.75, 3.05) is 0 Å². The maximum Gasteiger partial charge on any atom is 0.353 e. The van der Waals surface area contributed by atoms with Crippen LogP contribution in [0.25, 0.3) is 0 Å². The van der Waals surface area contributed by atoms with E-state index in [1.165, 1.54) is 17.2 Å². The van der Waals surface area contributed by atoms with Gasteiger partial charge in [0, 0.05) is 14.7 Å². The summed E-state index contributed by atoms with van der Waals surface area (Å²) in [4.78, 5) is 16.4. The second kappa shape index (κ2) is 10.1. The molecule has 0 aliphatic rings. The second-order valence-electron chi connectivity index (χ2n) is 11.3. The first-order chi connectivity index (χ1) is 17.4. The molecule has 0 saturated carbocycles. The van der Waals surface area contributed by atoms with Gasteiger partial charge in [-0.05, 0) is 80.8 Å². The van der Waals surface area contributed by atoms with Crippen LogP contribution in [-0.4, -0.2) is 11.1 Å². The third-order valence-electron chi connectivity index (χ3n) is 6.50. The number of benzene rings is 4. The van der Waals surface area contributed by atoms with Crippen LogP contribution in [-0.2, 0) is 15.0 Å². The molecule has 0 aliphatic heterocycles. The standard InChI is InChI=1S/C33H36O3S/c1-32(2,3)24-16-20-27(21-17-24)37(26-12-8-7-9-13-26,28-22-18-25(19-23-28)33(4,5)6)36-31(35)29-14-10-11-15-30(29)34/h7-23,34H,1-6H3. The minimum absolute atomic E-state index is 0.00979. The summed E-state index contributed by atoms with van der Waals surface area (Å²) in [6, 6.07) is 33.3. The Kier molecular flexibility index (Phi) is 7.25. The first kappa shape index (κ1) is 26.6. The highest BCUT2D eigenvalue weighted by Crippen LogP contribution is 2.69. The lowest BCUT2D eigenvalue weighted by molar-refractivity contribution is 0.0754. The van der Waals surface area contributed by atoms with Crippen molar-refractivity contribution < 1.29 is 14.1 Å². The van der Waals surface area contributed by atoms with Gasteiger partial charge in [0.2, 0.25) is 0 Å². The van der Waals surface area contributed by atoms with Crippen LogP contribution in [0.15, 0.2) is 118 Å². The fraction of sp³-hybridized carbons (Fsp3) is 0.242. The average Bonchev–Trinajstić information content (AvgIpc) is 2.87. The molecule has 4 aromatic carbocycles. The van der Waals surface area contributed by atoms with Crippen LogP contribution in [0.5, 0.6) is 5.75 Å². The van der Waals surface area contributed by atoms with Crippen molar-refractivity contribution in [3.05, 3.63) is 120 Å². The molecular formula is C33H36O3S. The number of carbonyl (C=O) groups excluding carboxylic acids is 1. The molecule has 0 bridgehead atoms. The quantitative estimate of drug-likeness (QED) is 0.290. The summed E-state index contributed by atoms with van der Waals surface area (Å²) >= 11 is 0. The van der Waals surface area contributed by atoms with E-state index in [0.717, 1.165) is 14.7 Å². The summed E-state index contributed by atoms with van der Waals surface area (Å²) in [5.74, 6) is -0.656. The molecule has 192 valence electrons. The zero-order chi connectivity index (χ0) is 26.8. The third kappa shape index (κ3) is 5.45. The minimum atomic E-state index is -2.48. The van der Waals surface area contributed by atoms with Crippen molar-refractivity contribution in [3.63, 3.8) is 0 Å². The number of aromatic hydroxyl groups is 1. The molecule has 4 rings (SSSR count). The van der Waals surface area contributed by atoms with E-state index in [4.69, 9.17) is 4.18 Å². The van der Waals surface area contributed by atoms with Crippen LogP contribution in [0.1, 0.15) is 63.0 Å². The van der Waals surface area contributed by atoms with Gasteiger partial charge in [0.05, 0.1) is 0 Å². The van der Waals surface area contributed by atoms with E-state index in [0.29, 0.717) is 0 Å². The molecule has 0 fully saturated rings. The molecule has 0 amide bonds. The normalized spacial score (nSPS) is 12.7. The average molecular weight is 513 g/mol. The molecule has 0 aliphatic carbocycles. The van der Waals surface area contributed by atoms with Gasteiger partial charge in [-0.1, -0.05) is 96.1 Å². The summed E-state index contributed by atoms with van der Waals surface area (Å²) in [5, 5.41) is 10.4. The number of carbonyl (C=O) groups is 1. The number of rotatable bonds is 5. The zero-order valence-corrected chi connectivity index (χ0v) is 23.3. The molecule has 0 spiro atoms. The Morgan fingerprint density at radius 3 is 1.43 bits per heavy atom. The van der Waals surface area contributed by atoms with Crippen LogP contribution < -0.4 is 0 Å². The molecule has 3 nitrogen and oxygen atoms in total. The molecule has 0 heterocycles. The first-order valence-corrected chi connectivity index (χ1v) is 14.1. The van der Waals surface area contributed by atoms with Gasteiger partial charge in [0.25, 0.3) is 0 Å². The van der Waals surface area contributed by atoms with Gasteiger partial charge in [-0.2, -0.15) is 0 Å². The summed E-state index contributed by atoms with van der Waals surface area (Å²) in [6.07, 6.45) is 0. The smallest absolute Gasteiger partial charge is 0.353 e. The molecule has 37 heavy (non-hydrogen) atoms. The van der Waals surface area contributed by atoms with Crippen molar-refractivity contribution in [3.8, 4) is 5.75 Å². The van der Waals surface area contributed by atoms with Gasteiger partial charge in [-0.25, -0.2) is 4.79 Å². The Morgan fingerprint density at radius 1 is 0.595 bits per heavy atom. The van der Waals surface area contributed by atoms with Crippen LogP contribution in [0.3, 0.4) is 0 Å². The van der Waals surface area contributed by atoms with Gasteiger partial charge >= 0.3 is 5.97 Å². The Morgan fingerprint density at radius 2 is 1.00 bits per heavy atom. The molecule has 4 heteroatoms. The zero-order valence-electron chi connectivity index (χ0n) is 22.5. The molecule has 0 saturated heterocycles. The highest BCUT2D eigenvalue weighted by Gasteiger charge is 2.37. The molecule has 0 aromatic heterocycles. The first-order valence-electron chi connectivity index (χ1n) is 12.5. The fourth-order valence-corrected chi connectivity index (χ4v) is 7.26. The molecule has 0 unspecified atom stereocenters. The van der Waals surface area contributed by atoms with Gasteiger partial charge in [0.1, 0.15) is 11.3 Å². The maximum absolute atomic E-state index is 13.7. The van der Waals surface area contributed by atoms with Gasteiger partial charge in [0.15, 0.2) is 0 Å². The van der Waals surface area contributed by atoms with Crippen molar-refractivity contribution in [2.24, 2.45) is 0 Å². The molecule has 0 radical (unpaired) electrons. The van der Waals surface area contributed by atoms with Gasteiger partial charge in [-0.15, -0.1) is 0 Å². The summed E-state index contributed by atoms with van der Waals surface area (Å²) in [7, 11) is -2.48. The van der Waals surface area contributed by atoms with Gasteiger partial charge < -0.3 is 9.29 Å². The van der Waals surface area contributed by atoms with E-state index >= 15 is 0 Å². The Balaban J connectivity index is 1.98. The van der Waals surface area contributed by atoms with E-state index in [9.17, 15) is 9.90 Å². The van der Waals surface area contributed by atoms with Crippen molar-refractivity contribution in [1.29, 1.82) is 0 Å². The summed E-state index contributed by atoms with van der Waals surface area (Å²) in [6.45, 7) is 13.1. The molecule has 0 atom stereocenters. The van der Waals surface area contributed by atoms with E-state index in [1.54, 1.807) is 18.2 Å². The molecule has 1 N–H and O–H groups in total. The molecular weight excluding hydrogens is 476 g/mol. The number of hydrogen-bond donors (Lipinski definition) is 1. The third-order valence-corrected chi connectivity index (χ3v) is 9.71. The second-order valence-corrected chi connectivity index (χ2v) is 14.0. The van der Waals surface area contributed by atoms with E-state index in [1.807, 2.05) is 30.3 Å². The van der Waals surface area contributed by atoms with Crippen LogP contribution in [0.2, 0.25) is 0 Å². The number of hydrogen-bond acceptors (Lipinski definition) is 3. The van der Waals surface area contributed by atoms with E-state index < -0.39 is 16.3 Å². The number of phenols is 1. The van der Waals surface area contributed by atoms with Crippen molar-refractivity contribution >= 4 is 16.3 Å². The van der Waals surface area contributed by atoms with Crippen LogP contribution in [0, 0.1) is 0 Å². The monoisotopic (exact) mass is 512 g/mol. The van der Waals surface area contributed by atoms with Crippen LogP contribution >= 0.6 is 10.3 Å². The lowest BCUT2D eigenvalue weighted by Crippen LogP contribution is -2.16. The fourth-order valence-electron chi connectivity index (χ4n) is 4.26. The van der Waals surface area contributed by atoms with E-state index in [2.05, 4.69) is 90.1 Å². The lowest BCUT2D eigenvalue weighted by atomic mass is 9.87. The Hall–Kier alpha value is -3.50. The Labute approximate surface area is 222 Å². The van der Waals surface area contributed by atoms with Crippen LogP contribution in [0.4, 0.5) is 0 Å².